The molecule has 0 saturated carbocycles. The van der Waals surface area contributed by atoms with Gasteiger partial charge in [-0.1, -0.05) is 47.5 Å². The first-order valence-electron chi connectivity index (χ1n) is 8.42. The van der Waals surface area contributed by atoms with Gasteiger partial charge < -0.3 is 10.1 Å². The number of hydrogen-bond donors (Lipinski definition) is 2. The lowest BCUT2D eigenvalue weighted by Crippen LogP contribution is -2.23. The Morgan fingerprint density at radius 2 is 1.71 bits per heavy atom. The maximum absolute atomic E-state index is 6.01. The number of hydrogen-bond acceptors (Lipinski definition) is 3. The minimum Gasteiger partial charge on any atom is -0.489 e. The predicted octanol–water partition coefficient (Wildman–Crippen LogP) is 5.89. The van der Waals surface area contributed by atoms with Crippen molar-refractivity contribution in [2.45, 2.75) is 6.61 Å². The molecule has 0 aliphatic carbocycles. The van der Waals surface area contributed by atoms with Crippen LogP contribution < -0.4 is 15.5 Å². The Hall–Kier alpha value is -2.60. The summed E-state index contributed by atoms with van der Waals surface area (Å²) in [5.74, 6) is 0.748. The van der Waals surface area contributed by atoms with Crippen LogP contribution in [0.4, 0.5) is 5.69 Å². The summed E-state index contributed by atoms with van der Waals surface area (Å²) in [6.07, 6.45) is 1.68. The quantitative estimate of drug-likeness (QED) is 0.291. The van der Waals surface area contributed by atoms with Gasteiger partial charge in [-0.15, -0.1) is 0 Å². The number of nitrogens with zero attached hydrogens (tertiary/aromatic N) is 1. The number of ether oxygens (including phenoxy) is 1. The topological polar surface area (TPSA) is 45.7 Å². The van der Waals surface area contributed by atoms with Gasteiger partial charge in [0.2, 0.25) is 0 Å². The maximum atomic E-state index is 6.01. The van der Waals surface area contributed by atoms with E-state index in [1.165, 1.54) is 0 Å². The molecule has 3 aromatic rings. The van der Waals surface area contributed by atoms with Gasteiger partial charge in [-0.05, 0) is 71.9 Å². The molecule has 0 aliphatic rings. The number of nitrogens with one attached hydrogen (secondary N) is 2. The van der Waals surface area contributed by atoms with E-state index in [1.807, 2.05) is 60.7 Å². The molecule has 142 valence electrons. The lowest BCUT2D eigenvalue weighted by Gasteiger charge is -2.08. The van der Waals surface area contributed by atoms with E-state index < -0.39 is 0 Å². The van der Waals surface area contributed by atoms with Crippen molar-refractivity contribution in [2.75, 3.05) is 5.32 Å². The van der Waals surface area contributed by atoms with E-state index in [4.69, 9.17) is 40.2 Å². The predicted molar refractivity (Wildman–Crippen MR) is 121 cm³/mol. The van der Waals surface area contributed by atoms with Gasteiger partial charge in [-0.3, -0.25) is 5.43 Å². The van der Waals surface area contributed by atoms with Gasteiger partial charge in [0.1, 0.15) is 12.4 Å². The second-order valence-corrected chi connectivity index (χ2v) is 7.02. The molecule has 0 unspecified atom stereocenters. The number of halogens is 2. The fraction of sp³-hybridized carbons (Fsp3) is 0.0476. The van der Waals surface area contributed by atoms with Crippen LogP contribution in [0.2, 0.25) is 10.0 Å². The van der Waals surface area contributed by atoms with Crippen molar-refractivity contribution < 1.29 is 4.74 Å². The summed E-state index contributed by atoms with van der Waals surface area (Å²) in [7, 11) is 0. The first-order valence-corrected chi connectivity index (χ1v) is 9.58. The Bertz CT molecular complexity index is 963. The van der Waals surface area contributed by atoms with Crippen LogP contribution in [-0.4, -0.2) is 11.3 Å². The van der Waals surface area contributed by atoms with Gasteiger partial charge in [0.05, 0.1) is 16.3 Å². The van der Waals surface area contributed by atoms with Crippen LogP contribution in [-0.2, 0) is 6.61 Å². The van der Waals surface area contributed by atoms with Crippen LogP contribution in [0, 0.1) is 0 Å². The van der Waals surface area contributed by atoms with Gasteiger partial charge in [0.15, 0.2) is 5.11 Å². The molecule has 0 aliphatic heterocycles. The molecule has 3 aromatic carbocycles. The molecule has 7 heteroatoms. The Morgan fingerprint density at radius 3 is 2.43 bits per heavy atom. The normalized spacial score (nSPS) is 10.6. The van der Waals surface area contributed by atoms with E-state index in [-0.39, 0.29) is 0 Å². The van der Waals surface area contributed by atoms with Gasteiger partial charge >= 0.3 is 0 Å². The number of rotatable bonds is 6. The molecule has 0 fully saturated rings. The molecule has 0 atom stereocenters. The van der Waals surface area contributed by atoms with Crippen molar-refractivity contribution in [1.82, 2.24) is 5.43 Å². The average Bonchev–Trinajstić information content (AvgIpc) is 2.70. The first-order chi connectivity index (χ1) is 13.6. The summed E-state index contributed by atoms with van der Waals surface area (Å²) in [4.78, 5) is 0. The van der Waals surface area contributed by atoms with Crippen molar-refractivity contribution in [1.29, 1.82) is 0 Å². The van der Waals surface area contributed by atoms with E-state index in [1.54, 1.807) is 18.3 Å². The highest BCUT2D eigenvalue weighted by Crippen LogP contribution is 2.23. The van der Waals surface area contributed by atoms with E-state index >= 15 is 0 Å². The Labute approximate surface area is 179 Å². The standard InChI is InChI=1S/C21H17Cl2N3OS/c22-19-11-8-16(12-20(19)23)14-27-18-9-6-15(7-10-18)13-24-26-21(28)25-17-4-2-1-3-5-17/h1-13H,14H2,(H2,25,26,28)/b24-13+. The van der Waals surface area contributed by atoms with Crippen LogP contribution in [0.15, 0.2) is 77.9 Å². The SMILES string of the molecule is S=C(N/N=C/c1ccc(OCc2ccc(Cl)c(Cl)c2)cc1)Nc1ccccc1. The molecule has 0 bridgehead atoms. The van der Waals surface area contributed by atoms with Crippen molar-refractivity contribution in [3.8, 4) is 5.75 Å². The molecule has 0 heterocycles. The van der Waals surface area contributed by atoms with Gasteiger partial charge in [0.25, 0.3) is 0 Å². The summed E-state index contributed by atoms with van der Waals surface area (Å²) in [5.41, 5.74) is 5.55. The molecule has 0 aromatic heterocycles. The molecule has 4 nitrogen and oxygen atoms in total. The van der Waals surface area contributed by atoms with E-state index in [0.29, 0.717) is 21.8 Å². The van der Waals surface area contributed by atoms with Crippen LogP contribution >= 0.6 is 35.4 Å². The maximum Gasteiger partial charge on any atom is 0.191 e. The summed E-state index contributed by atoms with van der Waals surface area (Å²) >= 11 is 17.1. The number of hydrazone groups is 1. The van der Waals surface area contributed by atoms with E-state index in [2.05, 4.69) is 15.8 Å². The zero-order chi connectivity index (χ0) is 19.8. The molecule has 28 heavy (non-hydrogen) atoms. The fourth-order valence-electron chi connectivity index (χ4n) is 2.29. The smallest absolute Gasteiger partial charge is 0.191 e. The third-order valence-electron chi connectivity index (χ3n) is 3.68. The lowest BCUT2D eigenvalue weighted by atomic mass is 10.2. The summed E-state index contributed by atoms with van der Waals surface area (Å²) in [6, 6.07) is 22.6. The zero-order valence-electron chi connectivity index (χ0n) is 14.7. The highest BCUT2D eigenvalue weighted by molar-refractivity contribution is 7.80. The molecule has 3 rings (SSSR count). The van der Waals surface area contributed by atoms with Crippen molar-refractivity contribution in [2.24, 2.45) is 5.10 Å². The first kappa shape index (κ1) is 20.1. The fourth-order valence-corrected chi connectivity index (χ4v) is 2.78. The van der Waals surface area contributed by atoms with Crippen molar-refractivity contribution >= 4 is 52.4 Å². The minimum absolute atomic E-state index is 0.408. The molecule has 0 saturated heterocycles. The average molecular weight is 430 g/mol. The molecule has 2 N–H and O–H groups in total. The molecular weight excluding hydrogens is 413 g/mol. The highest BCUT2D eigenvalue weighted by atomic mass is 35.5. The second kappa shape index (κ2) is 10.1. The summed E-state index contributed by atoms with van der Waals surface area (Å²) < 4.78 is 5.76. The molecule has 0 amide bonds. The third-order valence-corrected chi connectivity index (χ3v) is 4.61. The molecular formula is C21H17Cl2N3OS. The van der Waals surface area contributed by atoms with Crippen LogP contribution in [0.1, 0.15) is 11.1 Å². The summed E-state index contributed by atoms with van der Waals surface area (Å²) in [6.45, 7) is 0.408. The van der Waals surface area contributed by atoms with Crippen LogP contribution in [0.5, 0.6) is 5.75 Å². The minimum atomic E-state index is 0.408. The number of thiocarbonyl (C=S) groups is 1. The third kappa shape index (κ3) is 6.23. The molecule has 0 radical (unpaired) electrons. The Kier molecular flexibility index (Phi) is 7.25. The Balaban J connectivity index is 1.47. The molecule has 0 spiro atoms. The van der Waals surface area contributed by atoms with Crippen molar-refractivity contribution in [3.05, 3.63) is 94.0 Å². The number of benzene rings is 3. The van der Waals surface area contributed by atoms with Crippen molar-refractivity contribution in [3.63, 3.8) is 0 Å². The number of anilines is 1. The van der Waals surface area contributed by atoms with Crippen LogP contribution in [0.25, 0.3) is 0 Å². The monoisotopic (exact) mass is 429 g/mol. The van der Waals surface area contributed by atoms with E-state index in [9.17, 15) is 0 Å². The second-order valence-electron chi connectivity index (χ2n) is 5.80. The lowest BCUT2D eigenvalue weighted by molar-refractivity contribution is 0.306. The number of para-hydroxylation sites is 1. The Morgan fingerprint density at radius 1 is 0.964 bits per heavy atom. The van der Waals surface area contributed by atoms with Gasteiger partial charge in [0, 0.05) is 5.69 Å². The van der Waals surface area contributed by atoms with Crippen LogP contribution in [0.3, 0.4) is 0 Å². The van der Waals surface area contributed by atoms with E-state index in [0.717, 1.165) is 22.6 Å². The zero-order valence-corrected chi connectivity index (χ0v) is 17.1. The summed E-state index contributed by atoms with van der Waals surface area (Å²) in [5, 5.41) is 8.64. The largest absolute Gasteiger partial charge is 0.489 e. The highest BCUT2D eigenvalue weighted by Gasteiger charge is 2.01. The van der Waals surface area contributed by atoms with Gasteiger partial charge in [-0.25, -0.2) is 0 Å². The van der Waals surface area contributed by atoms with Gasteiger partial charge in [-0.2, -0.15) is 5.10 Å².